The highest BCUT2D eigenvalue weighted by molar-refractivity contribution is 8.14. The van der Waals surface area contributed by atoms with Crippen molar-refractivity contribution < 1.29 is 24.4 Å². The fourth-order valence-electron chi connectivity index (χ4n) is 1.71. The van der Waals surface area contributed by atoms with E-state index in [9.17, 15) is 19.6 Å². The summed E-state index contributed by atoms with van der Waals surface area (Å²) in [6.45, 7) is 1.15. The topological polar surface area (TPSA) is 131 Å². The summed E-state index contributed by atoms with van der Waals surface area (Å²) >= 11 is 0.903. The van der Waals surface area contributed by atoms with E-state index in [0.717, 1.165) is 11.8 Å². The molecule has 132 valence electrons. The van der Waals surface area contributed by atoms with Gasteiger partial charge in [0.25, 0.3) is 0 Å². The average Bonchev–Trinajstić information content (AvgIpc) is 2.55. The van der Waals surface area contributed by atoms with Crippen molar-refractivity contribution in [2.24, 2.45) is 0 Å². The molecule has 0 aromatic heterocycles. The summed E-state index contributed by atoms with van der Waals surface area (Å²) in [6, 6.07) is 5.41. The normalized spacial score (nSPS) is 11.9. The SMILES string of the molecule is CNC(=O)C(CSC(=O)c1ccc(CON([O-])O)cc1)NC(C)=O. The van der Waals surface area contributed by atoms with Crippen LogP contribution in [0, 0.1) is 5.21 Å². The summed E-state index contributed by atoms with van der Waals surface area (Å²) in [6.07, 6.45) is 0. The van der Waals surface area contributed by atoms with Crippen molar-refractivity contribution in [2.45, 2.75) is 19.6 Å². The van der Waals surface area contributed by atoms with Gasteiger partial charge in [0, 0.05) is 25.3 Å². The highest BCUT2D eigenvalue weighted by Gasteiger charge is 2.20. The van der Waals surface area contributed by atoms with Gasteiger partial charge in [0.15, 0.2) is 0 Å². The minimum atomic E-state index is -0.804. The molecule has 0 radical (unpaired) electrons. The highest BCUT2D eigenvalue weighted by Crippen LogP contribution is 2.15. The minimum absolute atomic E-state index is 0.0958. The fourth-order valence-corrected chi connectivity index (χ4v) is 2.57. The van der Waals surface area contributed by atoms with E-state index in [4.69, 9.17) is 5.21 Å². The monoisotopic (exact) mass is 356 g/mol. The Bertz CT molecular complexity index is 578. The first kappa shape index (κ1) is 20.1. The van der Waals surface area contributed by atoms with Crippen molar-refractivity contribution in [1.29, 1.82) is 0 Å². The number of hydrogen-bond acceptors (Lipinski definition) is 8. The van der Waals surface area contributed by atoms with Crippen molar-refractivity contribution in [3.05, 3.63) is 40.6 Å². The number of hydrogen-bond donors (Lipinski definition) is 3. The van der Waals surface area contributed by atoms with E-state index < -0.39 is 11.4 Å². The number of rotatable bonds is 8. The lowest BCUT2D eigenvalue weighted by molar-refractivity contribution is -0.312. The molecule has 1 aromatic carbocycles. The van der Waals surface area contributed by atoms with Crippen LogP contribution in [-0.4, -0.2) is 46.4 Å². The molecule has 0 heterocycles. The van der Waals surface area contributed by atoms with Gasteiger partial charge in [-0.2, -0.15) is 0 Å². The van der Waals surface area contributed by atoms with Crippen molar-refractivity contribution >= 4 is 28.7 Å². The van der Waals surface area contributed by atoms with Crippen molar-refractivity contribution in [2.75, 3.05) is 12.8 Å². The van der Waals surface area contributed by atoms with Crippen LogP contribution < -0.4 is 10.6 Å². The van der Waals surface area contributed by atoms with Crippen LogP contribution in [-0.2, 0) is 21.0 Å². The fraction of sp³-hybridized carbons (Fsp3) is 0.357. The van der Waals surface area contributed by atoms with E-state index in [0.29, 0.717) is 11.1 Å². The lowest BCUT2D eigenvalue weighted by Gasteiger charge is -2.18. The largest absolute Gasteiger partial charge is 0.738 e. The van der Waals surface area contributed by atoms with Crippen LogP contribution in [0.1, 0.15) is 22.8 Å². The molecule has 9 nitrogen and oxygen atoms in total. The zero-order valence-electron chi connectivity index (χ0n) is 13.1. The number of benzene rings is 1. The molecule has 10 heteroatoms. The van der Waals surface area contributed by atoms with Crippen LogP contribution in [0.3, 0.4) is 0 Å². The molecule has 0 saturated heterocycles. The highest BCUT2D eigenvalue weighted by atomic mass is 32.2. The van der Waals surface area contributed by atoms with E-state index in [1.165, 1.54) is 26.1 Å². The number of carbonyl (C=O) groups is 3. The number of thioether (sulfide) groups is 1. The Morgan fingerprint density at radius 2 is 1.96 bits per heavy atom. The van der Waals surface area contributed by atoms with Crippen molar-refractivity contribution in [3.63, 3.8) is 0 Å². The third-order valence-corrected chi connectivity index (χ3v) is 3.85. The van der Waals surface area contributed by atoms with Gasteiger partial charge in [-0.3, -0.25) is 19.2 Å². The maximum Gasteiger partial charge on any atom is 0.243 e. The summed E-state index contributed by atoms with van der Waals surface area (Å²) in [7, 11) is 1.44. The van der Waals surface area contributed by atoms with Gasteiger partial charge in [-0.1, -0.05) is 36.0 Å². The zero-order chi connectivity index (χ0) is 18.1. The number of likely N-dealkylation sites (N-methyl/N-ethyl adjacent to an activating group) is 1. The second-order valence-corrected chi connectivity index (χ2v) is 5.67. The lowest BCUT2D eigenvalue weighted by Crippen LogP contribution is -2.46. The number of carbonyl (C=O) groups excluding carboxylic acids is 3. The van der Waals surface area contributed by atoms with Crippen LogP contribution in [0.25, 0.3) is 0 Å². The summed E-state index contributed by atoms with van der Waals surface area (Å²) in [5, 5.41) is 22.6. The molecule has 1 atom stereocenters. The van der Waals surface area contributed by atoms with Crippen LogP contribution >= 0.6 is 11.8 Å². The molecule has 1 aromatic rings. The van der Waals surface area contributed by atoms with Gasteiger partial charge in [0.05, 0.1) is 6.61 Å². The number of amides is 2. The van der Waals surface area contributed by atoms with Crippen LogP contribution in [0.5, 0.6) is 0 Å². The molecule has 0 aliphatic heterocycles. The third-order valence-electron chi connectivity index (χ3n) is 2.85. The van der Waals surface area contributed by atoms with Gasteiger partial charge in [0.2, 0.25) is 16.9 Å². The van der Waals surface area contributed by atoms with E-state index in [1.807, 2.05) is 0 Å². The van der Waals surface area contributed by atoms with E-state index in [-0.39, 0.29) is 29.3 Å². The molecule has 0 bridgehead atoms. The summed E-state index contributed by atoms with van der Waals surface area (Å²) < 4.78 is 0. The Kier molecular flexibility index (Phi) is 8.36. The van der Waals surface area contributed by atoms with Crippen LogP contribution in [0.4, 0.5) is 0 Å². The number of nitrogens with zero attached hydrogens (tertiary/aromatic N) is 1. The van der Waals surface area contributed by atoms with E-state index >= 15 is 0 Å². The van der Waals surface area contributed by atoms with E-state index in [1.54, 1.807) is 12.1 Å². The van der Waals surface area contributed by atoms with Crippen molar-refractivity contribution in [3.8, 4) is 0 Å². The molecule has 1 unspecified atom stereocenters. The maximum atomic E-state index is 12.1. The Hall–Kier alpha value is -1.98. The molecular weight excluding hydrogens is 338 g/mol. The molecule has 0 fully saturated rings. The molecular formula is C14H18N3O6S-. The molecule has 0 spiro atoms. The van der Waals surface area contributed by atoms with Gasteiger partial charge >= 0.3 is 0 Å². The van der Waals surface area contributed by atoms with E-state index in [2.05, 4.69) is 15.5 Å². The van der Waals surface area contributed by atoms with Gasteiger partial charge in [0.1, 0.15) is 6.04 Å². The Balaban J connectivity index is 2.59. The van der Waals surface area contributed by atoms with Crippen molar-refractivity contribution in [1.82, 2.24) is 16.0 Å². The quantitative estimate of drug-likeness (QED) is 0.572. The van der Waals surface area contributed by atoms with Gasteiger partial charge < -0.3 is 21.0 Å². The summed E-state index contributed by atoms with van der Waals surface area (Å²) in [5.74, 6) is -0.653. The summed E-state index contributed by atoms with van der Waals surface area (Å²) in [5.41, 5.74) is 0.984. The van der Waals surface area contributed by atoms with Crippen LogP contribution in [0.15, 0.2) is 24.3 Å². The average molecular weight is 356 g/mol. The molecule has 3 N–H and O–H groups in total. The standard InChI is InChI=1S/C14H18N3O6S/c1-9(18)16-12(13(19)15-2)8-24-14(20)11-5-3-10(4-6-11)7-23-17(21)22/h3-6,12,21H,7-8H2,1-2H3,(H,15,19)(H,16,18)/q-1. The maximum absolute atomic E-state index is 12.1. The molecule has 0 aliphatic carbocycles. The van der Waals surface area contributed by atoms with Gasteiger partial charge in [-0.25, -0.2) is 0 Å². The van der Waals surface area contributed by atoms with Gasteiger partial charge in [-0.15, -0.1) is 5.39 Å². The second kappa shape index (κ2) is 10.0. The van der Waals surface area contributed by atoms with Crippen LogP contribution in [0.2, 0.25) is 0 Å². The number of nitrogens with one attached hydrogen (secondary N) is 2. The first-order chi connectivity index (χ1) is 11.3. The minimum Gasteiger partial charge on any atom is -0.738 e. The first-order valence-electron chi connectivity index (χ1n) is 6.87. The molecule has 0 aliphatic rings. The third kappa shape index (κ3) is 7.06. The zero-order valence-corrected chi connectivity index (χ0v) is 14.0. The van der Waals surface area contributed by atoms with Gasteiger partial charge in [-0.05, 0) is 5.56 Å². The second-order valence-electron chi connectivity index (χ2n) is 4.67. The predicted octanol–water partition coefficient (Wildman–Crippen LogP) is 0.431. The Labute approximate surface area is 142 Å². The first-order valence-corrected chi connectivity index (χ1v) is 7.86. The smallest absolute Gasteiger partial charge is 0.243 e. The Morgan fingerprint density at radius 3 is 2.46 bits per heavy atom. The molecule has 2 amide bonds. The summed E-state index contributed by atoms with van der Waals surface area (Å²) in [4.78, 5) is 39.2. The molecule has 24 heavy (non-hydrogen) atoms. The molecule has 0 saturated carbocycles. The Morgan fingerprint density at radius 1 is 1.33 bits per heavy atom. The lowest BCUT2D eigenvalue weighted by atomic mass is 10.2. The molecule has 1 rings (SSSR count). The predicted molar refractivity (Wildman–Crippen MR) is 86.7 cm³/mol.